The number of rotatable bonds is 4. The molecule has 2 heterocycles. The van der Waals surface area contributed by atoms with E-state index < -0.39 is 5.60 Å². The van der Waals surface area contributed by atoms with Crippen LogP contribution in [0.4, 0.5) is 0 Å². The molecule has 1 aliphatic heterocycles. The van der Waals surface area contributed by atoms with Gasteiger partial charge in [-0.3, -0.25) is 4.79 Å². The fourth-order valence-electron chi connectivity index (χ4n) is 2.05. The first-order valence-electron chi connectivity index (χ1n) is 6.22. The number of carbonyl (C=O) groups is 1. The monoisotopic (exact) mass is 269 g/mol. The zero-order valence-corrected chi connectivity index (χ0v) is 11.6. The maximum Gasteiger partial charge on any atom is 0.261 e. The second kappa shape index (κ2) is 5.38. The van der Waals surface area contributed by atoms with Gasteiger partial charge in [0.2, 0.25) is 0 Å². The van der Waals surface area contributed by atoms with Crippen LogP contribution in [0.1, 0.15) is 33.5 Å². The summed E-state index contributed by atoms with van der Waals surface area (Å²) in [6.45, 7) is 5.22. The molecule has 1 saturated heterocycles. The van der Waals surface area contributed by atoms with Crippen molar-refractivity contribution in [3.63, 3.8) is 0 Å². The maximum absolute atomic E-state index is 12.0. The third kappa shape index (κ3) is 2.91. The summed E-state index contributed by atoms with van der Waals surface area (Å²) in [5, 5.41) is 12.8. The van der Waals surface area contributed by atoms with Gasteiger partial charge in [-0.1, -0.05) is 6.92 Å². The van der Waals surface area contributed by atoms with Crippen LogP contribution >= 0.6 is 11.3 Å². The molecule has 100 valence electrons. The van der Waals surface area contributed by atoms with E-state index in [0.717, 1.165) is 12.0 Å². The van der Waals surface area contributed by atoms with Gasteiger partial charge in [0.15, 0.2) is 0 Å². The fourth-order valence-corrected chi connectivity index (χ4v) is 3.08. The Balaban J connectivity index is 1.95. The molecule has 18 heavy (non-hydrogen) atoms. The summed E-state index contributed by atoms with van der Waals surface area (Å²) in [6, 6.07) is 1.91. The molecule has 2 rings (SSSR count). The van der Waals surface area contributed by atoms with E-state index in [-0.39, 0.29) is 12.5 Å². The Hall–Kier alpha value is -0.910. The third-order valence-electron chi connectivity index (χ3n) is 3.23. The molecule has 5 heteroatoms. The Morgan fingerprint density at radius 3 is 3.00 bits per heavy atom. The largest absolute Gasteiger partial charge is 0.386 e. The highest BCUT2D eigenvalue weighted by Crippen LogP contribution is 2.23. The lowest BCUT2D eigenvalue weighted by atomic mass is 10.0. The van der Waals surface area contributed by atoms with Crippen LogP contribution in [0.3, 0.4) is 0 Å². The molecule has 1 amide bonds. The number of aliphatic hydroxyl groups is 1. The summed E-state index contributed by atoms with van der Waals surface area (Å²) in [7, 11) is 0. The van der Waals surface area contributed by atoms with Crippen molar-refractivity contribution in [2.75, 3.05) is 19.8 Å². The van der Waals surface area contributed by atoms with E-state index in [2.05, 4.69) is 12.2 Å². The molecular weight excluding hydrogens is 250 g/mol. The predicted molar refractivity (Wildman–Crippen MR) is 71.2 cm³/mol. The van der Waals surface area contributed by atoms with Crippen molar-refractivity contribution in [3.8, 4) is 0 Å². The van der Waals surface area contributed by atoms with E-state index in [9.17, 15) is 9.90 Å². The first-order chi connectivity index (χ1) is 8.54. The average Bonchev–Trinajstić information content (AvgIpc) is 2.93. The van der Waals surface area contributed by atoms with Crippen molar-refractivity contribution >= 4 is 17.2 Å². The third-order valence-corrected chi connectivity index (χ3v) is 4.61. The van der Waals surface area contributed by atoms with Gasteiger partial charge in [-0.05, 0) is 25.0 Å². The minimum absolute atomic E-state index is 0.108. The molecule has 0 spiro atoms. The number of nitrogens with one attached hydrogen (secondary N) is 1. The Morgan fingerprint density at radius 2 is 2.44 bits per heavy atom. The number of thiophene rings is 1. The smallest absolute Gasteiger partial charge is 0.261 e. The lowest BCUT2D eigenvalue weighted by Crippen LogP contribution is -2.43. The summed E-state index contributed by atoms with van der Waals surface area (Å²) in [5.74, 6) is -0.108. The molecule has 4 nitrogen and oxygen atoms in total. The first-order valence-corrected chi connectivity index (χ1v) is 7.03. The number of aryl methyl sites for hydroxylation is 2. The second-order valence-corrected chi connectivity index (χ2v) is 5.92. The van der Waals surface area contributed by atoms with Gasteiger partial charge in [0.25, 0.3) is 5.91 Å². The second-order valence-electron chi connectivity index (χ2n) is 4.78. The molecule has 0 aromatic carbocycles. The van der Waals surface area contributed by atoms with Gasteiger partial charge in [-0.15, -0.1) is 11.3 Å². The normalized spacial score (nSPS) is 23.3. The molecule has 1 aromatic rings. The van der Waals surface area contributed by atoms with Crippen LogP contribution in [-0.2, 0) is 11.2 Å². The predicted octanol–water partition coefficient (Wildman–Crippen LogP) is 1.50. The molecule has 1 unspecified atom stereocenters. The van der Waals surface area contributed by atoms with Crippen LogP contribution in [0.15, 0.2) is 6.07 Å². The topological polar surface area (TPSA) is 58.6 Å². The zero-order valence-electron chi connectivity index (χ0n) is 10.8. The van der Waals surface area contributed by atoms with Crippen molar-refractivity contribution in [1.29, 1.82) is 0 Å². The van der Waals surface area contributed by atoms with Crippen LogP contribution < -0.4 is 5.32 Å². The van der Waals surface area contributed by atoms with Gasteiger partial charge in [0.1, 0.15) is 5.60 Å². The molecule has 2 N–H and O–H groups in total. The molecule has 1 aromatic heterocycles. The quantitative estimate of drug-likeness (QED) is 0.871. The summed E-state index contributed by atoms with van der Waals surface area (Å²) < 4.78 is 5.14. The summed E-state index contributed by atoms with van der Waals surface area (Å²) >= 11 is 1.52. The number of hydrogen-bond acceptors (Lipinski definition) is 4. The van der Waals surface area contributed by atoms with Gasteiger partial charge in [0.05, 0.1) is 11.5 Å². The van der Waals surface area contributed by atoms with Crippen molar-refractivity contribution in [1.82, 2.24) is 5.32 Å². The highest BCUT2D eigenvalue weighted by molar-refractivity contribution is 7.14. The lowest BCUT2D eigenvalue weighted by molar-refractivity contribution is 0.0265. The summed E-state index contributed by atoms with van der Waals surface area (Å²) in [5.41, 5.74) is 0.269. The van der Waals surface area contributed by atoms with E-state index in [0.29, 0.717) is 24.5 Å². The van der Waals surface area contributed by atoms with E-state index >= 15 is 0 Å². The molecule has 0 radical (unpaired) electrons. The molecule has 0 aliphatic carbocycles. The van der Waals surface area contributed by atoms with Gasteiger partial charge < -0.3 is 15.2 Å². The van der Waals surface area contributed by atoms with Gasteiger partial charge in [-0.25, -0.2) is 0 Å². The van der Waals surface area contributed by atoms with Crippen molar-refractivity contribution in [2.24, 2.45) is 0 Å². The minimum Gasteiger partial charge on any atom is -0.386 e. The summed E-state index contributed by atoms with van der Waals surface area (Å²) in [4.78, 5) is 13.9. The molecular formula is C13H19NO3S. The van der Waals surface area contributed by atoms with E-state index in [1.165, 1.54) is 16.2 Å². The van der Waals surface area contributed by atoms with Crippen LogP contribution in [0.5, 0.6) is 0 Å². The summed E-state index contributed by atoms with van der Waals surface area (Å²) in [6.07, 6.45) is 1.53. The minimum atomic E-state index is -0.893. The molecule has 1 fully saturated rings. The first kappa shape index (κ1) is 13.5. The number of amides is 1. The van der Waals surface area contributed by atoms with Crippen LogP contribution in [0.25, 0.3) is 0 Å². The number of carbonyl (C=O) groups excluding carboxylic acids is 1. The van der Waals surface area contributed by atoms with Gasteiger partial charge >= 0.3 is 0 Å². The Labute approximate surface area is 111 Å². The Kier molecular flexibility index (Phi) is 4.04. The fraction of sp³-hybridized carbons (Fsp3) is 0.615. The molecule has 0 saturated carbocycles. The van der Waals surface area contributed by atoms with E-state index in [1.54, 1.807) is 0 Å². The highest BCUT2D eigenvalue weighted by atomic mass is 32.1. The maximum atomic E-state index is 12.0. The van der Waals surface area contributed by atoms with Crippen LogP contribution in [-0.4, -0.2) is 36.4 Å². The molecule has 0 bridgehead atoms. The number of hydrogen-bond donors (Lipinski definition) is 2. The van der Waals surface area contributed by atoms with E-state index in [1.807, 2.05) is 13.0 Å². The standard InChI is InChI=1S/C13H19NO3S/c1-3-10-9(2)6-11(18-10)12(15)14-7-13(16)4-5-17-8-13/h6,16H,3-5,7-8H2,1-2H3,(H,14,15). The lowest BCUT2D eigenvalue weighted by Gasteiger charge is -2.20. The van der Waals surface area contributed by atoms with Crippen LogP contribution in [0, 0.1) is 6.92 Å². The zero-order chi connectivity index (χ0) is 13.2. The molecule has 1 atom stereocenters. The van der Waals surface area contributed by atoms with Crippen molar-refractivity contribution < 1.29 is 14.6 Å². The SMILES string of the molecule is CCc1sc(C(=O)NCC2(O)CCOC2)cc1C. The van der Waals surface area contributed by atoms with Crippen LogP contribution in [0.2, 0.25) is 0 Å². The van der Waals surface area contributed by atoms with Gasteiger partial charge in [0, 0.05) is 24.4 Å². The Morgan fingerprint density at radius 1 is 1.67 bits per heavy atom. The van der Waals surface area contributed by atoms with Crippen molar-refractivity contribution in [2.45, 2.75) is 32.3 Å². The molecule has 1 aliphatic rings. The Bertz CT molecular complexity index is 435. The highest BCUT2D eigenvalue weighted by Gasteiger charge is 2.32. The van der Waals surface area contributed by atoms with Crippen molar-refractivity contribution in [3.05, 3.63) is 21.4 Å². The van der Waals surface area contributed by atoms with Gasteiger partial charge in [-0.2, -0.15) is 0 Å². The number of ether oxygens (including phenoxy) is 1. The van der Waals surface area contributed by atoms with E-state index in [4.69, 9.17) is 4.74 Å². The average molecular weight is 269 g/mol.